The first-order valence-corrected chi connectivity index (χ1v) is 34.1. The molecular weight excluding hydrogens is 1010 g/mol. The number of unbranched alkanes of at least 4 members (excludes halogenated alkanes) is 27. The lowest BCUT2D eigenvalue weighted by molar-refractivity contribution is -0.870. The Kier molecular flexibility index (Phi) is 57.8. The van der Waals surface area contributed by atoms with Gasteiger partial charge in [-0.05, 0) is 103 Å². The molecule has 0 heterocycles. The largest absolute Gasteiger partial charge is 0.472 e. The van der Waals surface area contributed by atoms with Crippen molar-refractivity contribution in [3.8, 4) is 0 Å². The lowest BCUT2D eigenvalue weighted by atomic mass is 10.0. The van der Waals surface area contributed by atoms with Crippen molar-refractivity contribution < 1.29 is 42.1 Å². The first-order valence-electron chi connectivity index (χ1n) is 32.6. The van der Waals surface area contributed by atoms with Crippen LogP contribution in [0.15, 0.2) is 109 Å². The number of carbonyl (C=O) groups is 2. The van der Waals surface area contributed by atoms with Gasteiger partial charge in [-0.1, -0.05) is 264 Å². The van der Waals surface area contributed by atoms with Crippen molar-refractivity contribution in [3.63, 3.8) is 0 Å². The van der Waals surface area contributed by atoms with E-state index in [0.717, 1.165) is 89.9 Å². The van der Waals surface area contributed by atoms with Crippen molar-refractivity contribution in [2.75, 3.05) is 47.5 Å². The Morgan fingerprint density at radius 3 is 1.06 bits per heavy atom. The number of ether oxygens (including phenoxy) is 2. The minimum absolute atomic E-state index is 0.0269. The summed E-state index contributed by atoms with van der Waals surface area (Å²) in [7, 11) is 1.47. The second-order valence-electron chi connectivity index (χ2n) is 22.8. The molecule has 0 bridgehead atoms. The third-order valence-electron chi connectivity index (χ3n) is 13.8. The average Bonchev–Trinajstić information content (AvgIpc) is 3.42. The van der Waals surface area contributed by atoms with E-state index in [2.05, 4.69) is 123 Å². The molecule has 0 rings (SSSR count). The van der Waals surface area contributed by atoms with Gasteiger partial charge in [-0.3, -0.25) is 18.6 Å². The molecule has 0 aromatic carbocycles. The van der Waals surface area contributed by atoms with Crippen LogP contribution < -0.4 is 0 Å². The third-order valence-corrected chi connectivity index (χ3v) is 14.8. The van der Waals surface area contributed by atoms with Crippen LogP contribution in [0.25, 0.3) is 0 Å². The molecule has 0 amide bonds. The van der Waals surface area contributed by atoms with Crippen molar-refractivity contribution >= 4 is 19.8 Å². The predicted molar refractivity (Wildman–Crippen MR) is 344 cm³/mol. The van der Waals surface area contributed by atoms with Crippen LogP contribution in [0.3, 0.4) is 0 Å². The van der Waals surface area contributed by atoms with Crippen LogP contribution in [0.5, 0.6) is 0 Å². The van der Waals surface area contributed by atoms with Gasteiger partial charge in [0.1, 0.15) is 19.8 Å². The van der Waals surface area contributed by atoms with Crippen LogP contribution in [0.4, 0.5) is 0 Å². The van der Waals surface area contributed by atoms with Gasteiger partial charge in [0, 0.05) is 12.8 Å². The highest BCUT2D eigenvalue weighted by Crippen LogP contribution is 2.43. The molecule has 10 heteroatoms. The molecule has 0 fully saturated rings. The molecule has 0 aromatic rings. The number of hydrogen-bond acceptors (Lipinski definition) is 7. The number of phosphoric acid groups is 1. The number of likely N-dealkylation sites (N-methyl/N-ethyl adjacent to an activating group) is 1. The Hall–Kier alpha value is -3.33. The summed E-state index contributed by atoms with van der Waals surface area (Å²) >= 11 is 0. The van der Waals surface area contributed by atoms with E-state index in [0.29, 0.717) is 17.4 Å². The van der Waals surface area contributed by atoms with Gasteiger partial charge in [0.2, 0.25) is 0 Å². The second-order valence-corrected chi connectivity index (χ2v) is 24.2. The maximum atomic E-state index is 12.9. The standard InChI is InChI=1S/C70H122NO8P/c1-6-8-10-12-14-16-18-20-22-24-26-28-29-30-31-32-33-34-35-36-37-38-39-40-41-43-45-47-49-51-53-55-57-59-61-63-70(73)79-68(67-78-80(74,75)77-65-64-71(3,4)5)66-76-69(72)62-60-58-56-54-52-50-48-46-44-42-27-25-23-21-19-17-15-13-11-9-7-2/h8,10,14,16,19-22,25-28,30-31,33-34,36-37,68H,6-7,9,11-13,15,17-18,23-24,29,32,35,38-67H2,1-5H3/p+1/b10-8-,16-14-,21-19-,22-20-,27-25-,28-26-,31-30-,34-33-,37-36-. The van der Waals surface area contributed by atoms with Crippen LogP contribution in [0, 0.1) is 0 Å². The second kappa shape index (κ2) is 60.3. The van der Waals surface area contributed by atoms with Crippen molar-refractivity contribution in [2.24, 2.45) is 0 Å². The number of hydrogen-bond donors (Lipinski definition) is 1. The summed E-state index contributed by atoms with van der Waals surface area (Å²) in [6.07, 6.45) is 84.5. The fourth-order valence-corrected chi connectivity index (χ4v) is 9.53. The van der Waals surface area contributed by atoms with E-state index in [-0.39, 0.29) is 32.0 Å². The molecule has 0 radical (unpaired) electrons. The van der Waals surface area contributed by atoms with Crippen LogP contribution >= 0.6 is 7.82 Å². The summed E-state index contributed by atoms with van der Waals surface area (Å²) in [6, 6.07) is 0. The van der Waals surface area contributed by atoms with Gasteiger partial charge in [0.25, 0.3) is 0 Å². The van der Waals surface area contributed by atoms with E-state index >= 15 is 0 Å². The lowest BCUT2D eigenvalue weighted by Crippen LogP contribution is -2.37. The van der Waals surface area contributed by atoms with E-state index in [1.807, 2.05) is 21.1 Å². The highest BCUT2D eigenvalue weighted by Gasteiger charge is 2.27. The van der Waals surface area contributed by atoms with Gasteiger partial charge >= 0.3 is 19.8 Å². The van der Waals surface area contributed by atoms with Crippen LogP contribution in [0.2, 0.25) is 0 Å². The van der Waals surface area contributed by atoms with Crippen LogP contribution in [-0.4, -0.2) is 74.9 Å². The number of quaternary nitrogens is 1. The average molecular weight is 1140 g/mol. The molecule has 80 heavy (non-hydrogen) atoms. The van der Waals surface area contributed by atoms with Gasteiger partial charge in [-0.25, -0.2) is 4.57 Å². The summed E-state index contributed by atoms with van der Waals surface area (Å²) in [5.41, 5.74) is 0. The SMILES string of the molecule is CC/C=C\C/C=C\C/C=C\C/C=C\C/C=C\C/C=C\C/C=C\CCCCCCCCCCCCCCCC(=O)OC(COC(=O)CCCCCCCCCCC/C=C\C/C=C\CCCCCCC)COP(=O)(O)OCC[N+](C)(C)C. The van der Waals surface area contributed by atoms with Gasteiger partial charge in [0.15, 0.2) is 6.10 Å². The van der Waals surface area contributed by atoms with Gasteiger partial charge in [0.05, 0.1) is 27.7 Å². The van der Waals surface area contributed by atoms with E-state index in [4.69, 9.17) is 18.5 Å². The van der Waals surface area contributed by atoms with Crippen molar-refractivity contribution in [3.05, 3.63) is 109 Å². The number of phosphoric ester groups is 1. The Bertz CT molecular complexity index is 1720. The quantitative estimate of drug-likeness (QED) is 0.0211. The molecule has 0 aliphatic carbocycles. The maximum Gasteiger partial charge on any atom is 0.472 e. The summed E-state index contributed by atoms with van der Waals surface area (Å²) < 4.78 is 34.7. The Labute approximate surface area is 493 Å². The van der Waals surface area contributed by atoms with E-state index in [9.17, 15) is 19.0 Å². The summed E-state index contributed by atoms with van der Waals surface area (Å²) in [5, 5.41) is 0. The van der Waals surface area contributed by atoms with Crippen LogP contribution in [0.1, 0.15) is 271 Å². The molecule has 0 aliphatic heterocycles. The number of allylic oxidation sites excluding steroid dienone is 18. The normalized spacial score (nSPS) is 13.9. The number of carbonyl (C=O) groups excluding carboxylic acids is 2. The summed E-state index contributed by atoms with van der Waals surface area (Å²) in [4.78, 5) is 35.8. The van der Waals surface area contributed by atoms with Crippen molar-refractivity contribution in [2.45, 2.75) is 277 Å². The zero-order valence-electron chi connectivity index (χ0n) is 52.3. The molecule has 0 aromatic heterocycles. The smallest absolute Gasteiger partial charge is 0.462 e. The first-order chi connectivity index (χ1) is 39.0. The lowest BCUT2D eigenvalue weighted by Gasteiger charge is -2.24. The molecule has 1 N–H and O–H groups in total. The van der Waals surface area contributed by atoms with E-state index < -0.39 is 26.5 Å². The van der Waals surface area contributed by atoms with E-state index in [1.165, 1.54) is 148 Å². The molecule has 0 saturated carbocycles. The van der Waals surface area contributed by atoms with E-state index in [1.54, 1.807) is 0 Å². The Morgan fingerprint density at radius 2 is 0.713 bits per heavy atom. The molecule has 9 nitrogen and oxygen atoms in total. The zero-order chi connectivity index (χ0) is 58.4. The third kappa shape index (κ3) is 63.8. The highest BCUT2D eigenvalue weighted by atomic mass is 31.2. The number of rotatable bonds is 59. The number of nitrogens with zero attached hydrogens (tertiary/aromatic N) is 1. The Balaban J connectivity index is 4.10. The molecule has 2 atom stereocenters. The molecule has 2 unspecified atom stereocenters. The molecule has 0 aliphatic rings. The highest BCUT2D eigenvalue weighted by molar-refractivity contribution is 7.47. The molecular formula is C70H123NO8P+. The van der Waals surface area contributed by atoms with Crippen molar-refractivity contribution in [1.82, 2.24) is 0 Å². The minimum Gasteiger partial charge on any atom is -0.462 e. The fourth-order valence-electron chi connectivity index (χ4n) is 8.79. The van der Waals surface area contributed by atoms with Crippen LogP contribution in [-0.2, 0) is 32.7 Å². The van der Waals surface area contributed by atoms with Gasteiger partial charge in [-0.2, -0.15) is 0 Å². The predicted octanol–water partition coefficient (Wildman–Crippen LogP) is 20.9. The molecule has 460 valence electrons. The first kappa shape index (κ1) is 76.7. The fraction of sp³-hybridized carbons (Fsp3) is 0.714. The van der Waals surface area contributed by atoms with Gasteiger partial charge < -0.3 is 18.9 Å². The number of esters is 2. The molecule has 0 spiro atoms. The Morgan fingerprint density at radius 1 is 0.400 bits per heavy atom. The minimum atomic E-state index is -4.40. The maximum absolute atomic E-state index is 12.9. The zero-order valence-corrected chi connectivity index (χ0v) is 53.2. The monoisotopic (exact) mass is 1140 g/mol. The van der Waals surface area contributed by atoms with Crippen molar-refractivity contribution in [1.29, 1.82) is 0 Å². The van der Waals surface area contributed by atoms with Gasteiger partial charge in [-0.15, -0.1) is 0 Å². The summed E-state index contributed by atoms with van der Waals surface area (Å²) in [5.74, 6) is -0.802. The molecule has 0 saturated heterocycles. The summed E-state index contributed by atoms with van der Waals surface area (Å²) in [6.45, 7) is 4.32. The topological polar surface area (TPSA) is 108 Å².